The quantitative estimate of drug-likeness (QED) is 0.787. The fraction of sp³-hybridized carbons (Fsp3) is 0.450. The number of anilines is 1. The van der Waals surface area contributed by atoms with Crippen LogP contribution in [0.1, 0.15) is 30.9 Å². The maximum atomic E-state index is 13.0. The standard InChI is InChI=1S/C20H21F3N4O2/c21-20(22,23)15-2-1-3-17(11-15)27-12-14(10-18(27)28)19(29)25-7-4-16(5-8-25)26-9-6-24-13-26/h1-3,6,9,11,13-14,16H,4-5,7-8,10,12H2. The molecule has 2 aliphatic rings. The third-order valence-corrected chi connectivity index (χ3v) is 5.68. The van der Waals surface area contributed by atoms with Crippen molar-refractivity contribution in [3.8, 4) is 0 Å². The van der Waals surface area contributed by atoms with Crippen LogP contribution in [0.5, 0.6) is 0 Å². The Kier molecular flexibility index (Phi) is 5.06. The van der Waals surface area contributed by atoms with E-state index >= 15 is 0 Å². The number of rotatable bonds is 3. The van der Waals surface area contributed by atoms with Crippen molar-refractivity contribution in [2.24, 2.45) is 5.92 Å². The average Bonchev–Trinajstić information content (AvgIpc) is 3.37. The Labute approximate surface area is 165 Å². The van der Waals surface area contributed by atoms with Gasteiger partial charge in [-0.15, -0.1) is 0 Å². The third-order valence-electron chi connectivity index (χ3n) is 5.68. The molecule has 6 nitrogen and oxygen atoms in total. The zero-order valence-corrected chi connectivity index (χ0v) is 15.7. The van der Waals surface area contributed by atoms with E-state index in [-0.39, 0.29) is 30.5 Å². The first kappa shape index (κ1) is 19.5. The van der Waals surface area contributed by atoms with Gasteiger partial charge in [0.25, 0.3) is 0 Å². The molecule has 4 rings (SSSR count). The smallest absolute Gasteiger partial charge is 0.342 e. The van der Waals surface area contributed by atoms with Gasteiger partial charge in [-0.25, -0.2) is 4.98 Å². The molecular formula is C20H21F3N4O2. The summed E-state index contributed by atoms with van der Waals surface area (Å²) in [5.74, 6) is -0.949. The lowest BCUT2D eigenvalue weighted by molar-refractivity contribution is -0.138. The Bertz CT molecular complexity index is 889. The lowest BCUT2D eigenvalue weighted by Gasteiger charge is -2.34. The highest BCUT2D eigenvalue weighted by Gasteiger charge is 2.39. The van der Waals surface area contributed by atoms with E-state index in [1.807, 2.05) is 10.8 Å². The van der Waals surface area contributed by atoms with E-state index in [0.717, 1.165) is 25.0 Å². The minimum atomic E-state index is -4.48. The van der Waals surface area contributed by atoms with Crippen LogP contribution in [-0.4, -0.2) is 45.9 Å². The maximum Gasteiger partial charge on any atom is 0.416 e. The number of halogens is 3. The number of carbonyl (C=O) groups excluding carboxylic acids is 2. The molecule has 0 spiro atoms. The second-order valence-electron chi connectivity index (χ2n) is 7.52. The molecule has 2 aromatic rings. The summed E-state index contributed by atoms with van der Waals surface area (Å²) >= 11 is 0. The van der Waals surface area contributed by atoms with Gasteiger partial charge in [0, 0.05) is 50.2 Å². The van der Waals surface area contributed by atoms with Gasteiger partial charge in [-0.05, 0) is 31.0 Å². The number of benzene rings is 1. The van der Waals surface area contributed by atoms with E-state index in [1.165, 1.54) is 17.0 Å². The van der Waals surface area contributed by atoms with Crippen LogP contribution in [0.4, 0.5) is 18.9 Å². The first-order chi connectivity index (χ1) is 13.8. The molecule has 1 atom stereocenters. The molecule has 9 heteroatoms. The molecule has 29 heavy (non-hydrogen) atoms. The highest BCUT2D eigenvalue weighted by molar-refractivity contribution is 6.00. The Hall–Kier alpha value is -2.84. The molecule has 0 bridgehead atoms. The lowest BCUT2D eigenvalue weighted by Crippen LogP contribution is -2.42. The van der Waals surface area contributed by atoms with Crippen LogP contribution in [0.25, 0.3) is 0 Å². The van der Waals surface area contributed by atoms with Gasteiger partial charge in [0.15, 0.2) is 0 Å². The Morgan fingerprint density at radius 2 is 1.93 bits per heavy atom. The number of imidazole rings is 1. The number of carbonyl (C=O) groups is 2. The second-order valence-corrected chi connectivity index (χ2v) is 7.52. The van der Waals surface area contributed by atoms with Gasteiger partial charge in [0.2, 0.25) is 11.8 Å². The van der Waals surface area contributed by atoms with E-state index in [4.69, 9.17) is 0 Å². The SMILES string of the molecule is O=C(C1CC(=O)N(c2cccc(C(F)(F)F)c2)C1)N1CCC(n2ccnc2)CC1. The lowest BCUT2D eigenvalue weighted by atomic mass is 10.0. The van der Waals surface area contributed by atoms with E-state index in [2.05, 4.69) is 4.98 Å². The number of aromatic nitrogens is 2. The number of nitrogens with zero attached hydrogens (tertiary/aromatic N) is 4. The maximum absolute atomic E-state index is 13.0. The van der Waals surface area contributed by atoms with Crippen LogP contribution < -0.4 is 4.90 Å². The fourth-order valence-corrected chi connectivity index (χ4v) is 4.10. The van der Waals surface area contributed by atoms with Crippen LogP contribution in [0.3, 0.4) is 0 Å². The predicted molar refractivity (Wildman–Crippen MR) is 99.0 cm³/mol. The molecule has 1 unspecified atom stereocenters. The second kappa shape index (κ2) is 7.53. The van der Waals surface area contributed by atoms with Gasteiger partial charge >= 0.3 is 6.18 Å². The molecule has 1 aromatic carbocycles. The summed E-state index contributed by atoms with van der Waals surface area (Å²) in [5, 5.41) is 0. The van der Waals surface area contributed by atoms with Crippen LogP contribution in [0, 0.1) is 5.92 Å². The summed E-state index contributed by atoms with van der Waals surface area (Å²) in [7, 11) is 0. The molecule has 2 fully saturated rings. The van der Waals surface area contributed by atoms with Gasteiger partial charge in [-0.3, -0.25) is 9.59 Å². The average molecular weight is 406 g/mol. The summed E-state index contributed by atoms with van der Waals surface area (Å²) in [6, 6.07) is 4.98. The minimum absolute atomic E-state index is 0.0243. The van der Waals surface area contributed by atoms with E-state index in [1.54, 1.807) is 17.4 Å². The first-order valence-corrected chi connectivity index (χ1v) is 9.57. The Balaban J connectivity index is 1.40. The molecule has 0 saturated carbocycles. The molecule has 2 amide bonds. The highest BCUT2D eigenvalue weighted by Crippen LogP contribution is 2.34. The molecular weight excluding hydrogens is 385 g/mol. The van der Waals surface area contributed by atoms with Crippen molar-refractivity contribution in [3.63, 3.8) is 0 Å². The zero-order chi connectivity index (χ0) is 20.6. The van der Waals surface area contributed by atoms with Gasteiger partial charge in [0.05, 0.1) is 17.8 Å². The summed E-state index contributed by atoms with van der Waals surface area (Å²) in [5.41, 5.74) is -0.627. The van der Waals surface area contributed by atoms with Crippen molar-refractivity contribution < 1.29 is 22.8 Å². The van der Waals surface area contributed by atoms with Crippen LogP contribution >= 0.6 is 0 Å². The number of alkyl halides is 3. The summed E-state index contributed by atoms with van der Waals surface area (Å²) < 4.78 is 40.9. The molecule has 1 aromatic heterocycles. The van der Waals surface area contributed by atoms with Crippen LogP contribution in [-0.2, 0) is 15.8 Å². The molecule has 2 saturated heterocycles. The number of hydrogen-bond donors (Lipinski definition) is 0. The molecule has 2 aliphatic heterocycles. The van der Waals surface area contributed by atoms with Gasteiger partial charge in [0.1, 0.15) is 0 Å². The minimum Gasteiger partial charge on any atom is -0.342 e. The summed E-state index contributed by atoms with van der Waals surface area (Å²) in [4.78, 5) is 32.4. The van der Waals surface area contributed by atoms with Crippen molar-refractivity contribution in [2.75, 3.05) is 24.5 Å². The van der Waals surface area contributed by atoms with Crippen molar-refractivity contribution in [1.29, 1.82) is 0 Å². The Morgan fingerprint density at radius 3 is 2.59 bits per heavy atom. The van der Waals surface area contributed by atoms with E-state index < -0.39 is 17.7 Å². The molecule has 0 aliphatic carbocycles. The van der Waals surface area contributed by atoms with Crippen molar-refractivity contribution in [3.05, 3.63) is 48.5 Å². The summed E-state index contributed by atoms with van der Waals surface area (Å²) in [6.45, 7) is 1.30. The molecule has 0 N–H and O–H groups in total. The zero-order valence-electron chi connectivity index (χ0n) is 15.7. The van der Waals surface area contributed by atoms with Gasteiger partial charge in [-0.2, -0.15) is 13.2 Å². The van der Waals surface area contributed by atoms with Crippen molar-refractivity contribution in [1.82, 2.24) is 14.5 Å². The summed E-state index contributed by atoms with van der Waals surface area (Å²) in [6.07, 6.45) is 2.56. The molecule has 3 heterocycles. The monoisotopic (exact) mass is 406 g/mol. The van der Waals surface area contributed by atoms with Crippen molar-refractivity contribution >= 4 is 17.5 Å². The largest absolute Gasteiger partial charge is 0.416 e. The third kappa shape index (κ3) is 3.99. The predicted octanol–water partition coefficient (Wildman–Crippen LogP) is 3.12. The van der Waals surface area contributed by atoms with E-state index in [9.17, 15) is 22.8 Å². The Morgan fingerprint density at radius 1 is 1.17 bits per heavy atom. The van der Waals surface area contributed by atoms with Crippen molar-refractivity contribution in [2.45, 2.75) is 31.5 Å². The fourth-order valence-electron chi connectivity index (χ4n) is 4.10. The number of piperidine rings is 1. The molecule has 154 valence electrons. The van der Waals surface area contributed by atoms with Gasteiger partial charge in [-0.1, -0.05) is 6.07 Å². The number of hydrogen-bond acceptors (Lipinski definition) is 3. The highest BCUT2D eigenvalue weighted by atomic mass is 19.4. The number of amides is 2. The van der Waals surface area contributed by atoms with Crippen LogP contribution in [0.15, 0.2) is 43.0 Å². The van der Waals surface area contributed by atoms with E-state index in [0.29, 0.717) is 19.1 Å². The first-order valence-electron chi connectivity index (χ1n) is 9.57. The van der Waals surface area contributed by atoms with Crippen LogP contribution in [0.2, 0.25) is 0 Å². The van der Waals surface area contributed by atoms with Gasteiger partial charge < -0.3 is 14.4 Å². The normalized spacial score (nSPS) is 21.1. The topological polar surface area (TPSA) is 58.4 Å². The number of likely N-dealkylation sites (tertiary alicyclic amines) is 1. The molecule has 0 radical (unpaired) electrons.